The molecule has 3 aliphatic rings. The number of hydrogen-bond donors (Lipinski definition) is 1. The largest absolute Gasteiger partial charge is 0.384 e. The Hall–Kier alpha value is -1.32. The quantitative estimate of drug-likeness (QED) is 0.353. The molecule has 1 spiro atoms. The Morgan fingerprint density at radius 3 is 2.85 bits per heavy atom. The Bertz CT molecular complexity index is 843. The summed E-state index contributed by atoms with van der Waals surface area (Å²) in [6.45, 7) is 10.0. The topological polar surface area (TPSA) is 81.7 Å². The fourth-order valence-electron chi connectivity index (χ4n) is 5.64. The van der Waals surface area contributed by atoms with Crippen molar-refractivity contribution in [2.24, 2.45) is 21.4 Å². The van der Waals surface area contributed by atoms with E-state index in [-0.39, 0.29) is 11.0 Å². The number of fused-ring (bicyclic) bond motifs is 2. The Kier molecular flexibility index (Phi) is 8.23. The number of hydrazone groups is 1. The van der Waals surface area contributed by atoms with Gasteiger partial charge < -0.3 is 20.1 Å². The maximum atomic E-state index is 6.48. The summed E-state index contributed by atoms with van der Waals surface area (Å²) in [6, 6.07) is 2.79. The van der Waals surface area contributed by atoms with Crippen LogP contribution in [0.2, 0.25) is 0 Å². The van der Waals surface area contributed by atoms with Gasteiger partial charge in [0.1, 0.15) is 0 Å². The molecule has 33 heavy (non-hydrogen) atoms. The van der Waals surface area contributed by atoms with Gasteiger partial charge in [-0.1, -0.05) is 6.92 Å². The van der Waals surface area contributed by atoms with Crippen LogP contribution >= 0.6 is 11.3 Å². The van der Waals surface area contributed by atoms with Crippen LogP contribution in [0.1, 0.15) is 54.8 Å². The minimum atomic E-state index is -0.128. The first-order valence-corrected chi connectivity index (χ1v) is 13.2. The van der Waals surface area contributed by atoms with Gasteiger partial charge in [-0.15, -0.1) is 11.3 Å². The second-order valence-electron chi connectivity index (χ2n) is 9.91. The number of nitrogens with zero attached hydrogens (tertiary/aromatic N) is 3. The van der Waals surface area contributed by atoms with Crippen LogP contribution in [-0.2, 0) is 32.7 Å². The van der Waals surface area contributed by atoms with Crippen LogP contribution in [0.15, 0.2) is 16.2 Å². The number of aryl methyl sites for hydroxylation is 1. The summed E-state index contributed by atoms with van der Waals surface area (Å²) in [5.41, 5.74) is 2.21. The van der Waals surface area contributed by atoms with Gasteiger partial charge in [0.15, 0.2) is 0 Å². The highest BCUT2D eigenvalue weighted by atomic mass is 32.1. The summed E-state index contributed by atoms with van der Waals surface area (Å²) in [5.74, 6) is 5.77. The third kappa shape index (κ3) is 5.51. The number of hydrogen-bond acceptors (Lipinski definition) is 8. The molecule has 184 valence electrons. The second-order valence-corrected chi connectivity index (χ2v) is 11.1. The first-order chi connectivity index (χ1) is 16.0. The Balaban J connectivity index is 1.37. The molecule has 0 aliphatic carbocycles. The summed E-state index contributed by atoms with van der Waals surface area (Å²) in [6.07, 6.45) is 7.99. The Morgan fingerprint density at radius 1 is 1.33 bits per heavy atom. The summed E-state index contributed by atoms with van der Waals surface area (Å²) < 4.78 is 17.5. The van der Waals surface area contributed by atoms with Crippen molar-refractivity contribution >= 4 is 23.3 Å². The van der Waals surface area contributed by atoms with Crippen LogP contribution in [0.25, 0.3) is 0 Å². The average molecular weight is 477 g/mol. The number of methoxy groups -OCH3 is 1. The van der Waals surface area contributed by atoms with Gasteiger partial charge in [-0.05, 0) is 50.7 Å². The van der Waals surface area contributed by atoms with E-state index in [2.05, 4.69) is 29.9 Å². The molecule has 0 saturated carbocycles. The van der Waals surface area contributed by atoms with E-state index in [1.54, 1.807) is 7.11 Å². The highest BCUT2D eigenvalue weighted by molar-refractivity contribution is 7.12. The van der Waals surface area contributed by atoms with E-state index < -0.39 is 0 Å². The molecule has 2 saturated heterocycles. The van der Waals surface area contributed by atoms with Crippen molar-refractivity contribution in [3.8, 4) is 0 Å². The number of likely N-dealkylation sites (tertiary alicyclic amines) is 1. The van der Waals surface area contributed by atoms with Gasteiger partial charge in [-0.2, -0.15) is 5.10 Å². The molecule has 0 amide bonds. The lowest BCUT2D eigenvalue weighted by molar-refractivity contribution is -0.108. The lowest BCUT2D eigenvalue weighted by Crippen LogP contribution is -2.51. The third-order valence-corrected chi connectivity index (χ3v) is 9.00. The molecular weight excluding hydrogens is 436 g/mol. The molecular formula is C25H40N4O3S. The lowest BCUT2D eigenvalue weighted by Gasteiger charge is -2.47. The van der Waals surface area contributed by atoms with E-state index >= 15 is 0 Å². The molecule has 3 aliphatic heterocycles. The van der Waals surface area contributed by atoms with Gasteiger partial charge in [0.05, 0.1) is 24.5 Å². The molecule has 4 heterocycles. The zero-order valence-corrected chi connectivity index (χ0v) is 21.3. The highest BCUT2D eigenvalue weighted by Gasteiger charge is 2.44. The van der Waals surface area contributed by atoms with Crippen LogP contribution in [-0.4, -0.2) is 76.0 Å². The second kappa shape index (κ2) is 11.0. The number of piperidine rings is 1. The smallest absolute Gasteiger partial charge is 0.0969 e. The molecule has 7 nitrogen and oxygen atoms in total. The van der Waals surface area contributed by atoms with Gasteiger partial charge >= 0.3 is 0 Å². The molecule has 0 bridgehead atoms. The fourth-order valence-corrected chi connectivity index (χ4v) is 6.81. The zero-order valence-electron chi connectivity index (χ0n) is 20.5. The molecule has 0 aromatic carbocycles. The van der Waals surface area contributed by atoms with Gasteiger partial charge in [0.25, 0.3) is 0 Å². The molecule has 0 unspecified atom stereocenters. The van der Waals surface area contributed by atoms with Crippen molar-refractivity contribution in [3.05, 3.63) is 21.4 Å². The van der Waals surface area contributed by atoms with Crippen LogP contribution in [0.3, 0.4) is 0 Å². The molecule has 1 aromatic rings. The number of aliphatic imine (C=N–C) groups is 1. The summed E-state index contributed by atoms with van der Waals surface area (Å²) in [4.78, 5) is 10.2. The lowest BCUT2D eigenvalue weighted by atomic mass is 9.79. The highest BCUT2D eigenvalue weighted by Crippen LogP contribution is 2.46. The fraction of sp³-hybridized carbons (Fsp3) is 0.760. The van der Waals surface area contributed by atoms with Gasteiger partial charge in [0.2, 0.25) is 0 Å². The number of ether oxygens (including phenoxy) is 3. The predicted molar refractivity (Wildman–Crippen MR) is 135 cm³/mol. The minimum absolute atomic E-state index is 0.0575. The Morgan fingerprint density at radius 2 is 2.15 bits per heavy atom. The maximum Gasteiger partial charge on any atom is 0.0969 e. The third-order valence-electron chi connectivity index (χ3n) is 7.66. The van der Waals surface area contributed by atoms with E-state index in [1.807, 2.05) is 17.6 Å². The average Bonchev–Trinajstić information content (AvgIpc) is 3.26. The maximum absolute atomic E-state index is 6.48. The Labute approximate surface area is 202 Å². The molecule has 2 fully saturated rings. The van der Waals surface area contributed by atoms with Crippen molar-refractivity contribution < 1.29 is 14.2 Å². The molecule has 2 atom stereocenters. The summed E-state index contributed by atoms with van der Waals surface area (Å²) in [5, 5.41) is 4.06. The predicted octanol–water partition coefficient (Wildman–Crippen LogP) is 3.39. The van der Waals surface area contributed by atoms with Gasteiger partial charge in [-0.25, -0.2) is 0 Å². The van der Waals surface area contributed by atoms with E-state index in [4.69, 9.17) is 25.0 Å². The summed E-state index contributed by atoms with van der Waals surface area (Å²) >= 11 is 1.98. The normalized spacial score (nSPS) is 28.5. The van der Waals surface area contributed by atoms with E-state index in [0.29, 0.717) is 19.2 Å². The first kappa shape index (κ1) is 24.8. The monoisotopic (exact) mass is 476 g/mol. The number of rotatable bonds is 8. The van der Waals surface area contributed by atoms with Gasteiger partial charge in [-0.3, -0.25) is 9.89 Å². The number of nitrogens with two attached hydrogens (primary N) is 1. The minimum Gasteiger partial charge on any atom is -0.384 e. The molecule has 0 radical (unpaired) electrons. The van der Waals surface area contributed by atoms with Crippen LogP contribution in [0, 0.1) is 5.41 Å². The van der Waals surface area contributed by atoms with Crippen molar-refractivity contribution in [3.63, 3.8) is 0 Å². The van der Waals surface area contributed by atoms with Crippen molar-refractivity contribution in [2.45, 2.75) is 64.0 Å². The zero-order chi connectivity index (χ0) is 23.3. The molecule has 4 rings (SSSR count). The van der Waals surface area contributed by atoms with Crippen LogP contribution in [0.5, 0.6) is 0 Å². The van der Waals surface area contributed by atoms with E-state index in [1.165, 1.54) is 15.3 Å². The van der Waals surface area contributed by atoms with Crippen molar-refractivity contribution in [1.82, 2.24) is 4.90 Å². The SMILES string of the molecule is CCc1cc2c(s1)CCO[C@@]21CCN(C/C(C=NCC2(COC)CCOCC2)=N/N)[C@@H](C)C1. The van der Waals surface area contributed by atoms with Crippen LogP contribution in [0.4, 0.5) is 0 Å². The van der Waals surface area contributed by atoms with E-state index in [9.17, 15) is 0 Å². The first-order valence-electron chi connectivity index (χ1n) is 12.4. The van der Waals surface area contributed by atoms with Gasteiger partial charge in [0, 0.05) is 73.8 Å². The molecule has 8 heteroatoms. The van der Waals surface area contributed by atoms with Crippen LogP contribution < -0.4 is 5.84 Å². The standard InChI is InChI=1S/C25H40N4O3S/c1-4-21-13-22-23(33-21)5-10-32-25(22)6-9-29(19(2)14-25)16-20(28-26)15-27-17-24(18-30-3)7-11-31-12-8-24/h13,15,19H,4-12,14,16-18,26H2,1-3H3/b27-15?,28-20+/t19-,25+/m0/s1. The summed E-state index contributed by atoms with van der Waals surface area (Å²) in [7, 11) is 1.76. The molecule has 1 aromatic heterocycles. The number of thiophene rings is 1. The van der Waals surface area contributed by atoms with Crippen molar-refractivity contribution in [2.75, 3.05) is 53.2 Å². The van der Waals surface area contributed by atoms with Crippen molar-refractivity contribution in [1.29, 1.82) is 0 Å². The van der Waals surface area contributed by atoms with E-state index in [0.717, 1.165) is 77.1 Å². The molecule has 2 N–H and O–H groups in total.